The number of aryl methyl sites for hydroxylation is 1. The summed E-state index contributed by atoms with van der Waals surface area (Å²) in [4.78, 5) is 18.5. The summed E-state index contributed by atoms with van der Waals surface area (Å²) in [6.45, 7) is 5.59. The quantitative estimate of drug-likeness (QED) is 0.180. The number of amides is 1. The van der Waals surface area contributed by atoms with Crippen molar-refractivity contribution in [2.24, 2.45) is 0 Å². The average molecular weight is 546 g/mol. The van der Waals surface area contributed by atoms with Crippen LogP contribution >= 0.6 is 0 Å². The molecule has 1 aliphatic heterocycles. The lowest BCUT2D eigenvalue weighted by Gasteiger charge is -2.38. The van der Waals surface area contributed by atoms with Crippen molar-refractivity contribution >= 4 is 5.91 Å². The molecule has 5 nitrogen and oxygen atoms in total. The molecule has 210 valence electrons. The summed E-state index contributed by atoms with van der Waals surface area (Å²) in [7, 11) is 0. The first-order chi connectivity index (χ1) is 20.1. The van der Waals surface area contributed by atoms with Gasteiger partial charge < -0.3 is 9.32 Å². The molecule has 41 heavy (non-hydrogen) atoms. The maximum absolute atomic E-state index is 14.0. The van der Waals surface area contributed by atoms with Gasteiger partial charge in [0, 0.05) is 43.3 Å². The van der Waals surface area contributed by atoms with Crippen LogP contribution in [0.25, 0.3) is 11.1 Å². The zero-order valence-electron chi connectivity index (χ0n) is 24.0. The molecule has 1 saturated heterocycles. The van der Waals surface area contributed by atoms with Gasteiger partial charge in [-0.2, -0.15) is 5.26 Å². The van der Waals surface area contributed by atoms with Gasteiger partial charge >= 0.3 is 0 Å². The highest BCUT2D eigenvalue weighted by Gasteiger charge is 2.29. The summed E-state index contributed by atoms with van der Waals surface area (Å²) in [5.41, 5.74) is 7.21. The van der Waals surface area contributed by atoms with Gasteiger partial charge in [-0.25, -0.2) is 0 Å². The number of carbonyl (C=O) groups is 1. The third-order valence-corrected chi connectivity index (χ3v) is 8.17. The Morgan fingerprint density at radius 2 is 1.54 bits per heavy atom. The molecule has 0 saturated carbocycles. The van der Waals surface area contributed by atoms with E-state index < -0.39 is 0 Å². The number of carbonyl (C=O) groups excluding carboxylic acids is 1. The number of rotatable bonds is 11. The van der Waals surface area contributed by atoms with Crippen molar-refractivity contribution in [3.05, 3.63) is 119 Å². The molecule has 0 radical (unpaired) electrons. The van der Waals surface area contributed by atoms with Gasteiger partial charge in [-0.05, 0) is 78.3 Å². The highest BCUT2D eigenvalue weighted by molar-refractivity contribution is 5.94. The molecule has 5 heteroatoms. The Kier molecular flexibility index (Phi) is 9.67. The molecule has 2 heterocycles. The van der Waals surface area contributed by atoms with Crippen molar-refractivity contribution < 1.29 is 9.21 Å². The molecule has 1 aromatic heterocycles. The minimum Gasteiger partial charge on any atom is -0.472 e. The molecule has 0 aliphatic carbocycles. The number of hydrogen-bond donors (Lipinski definition) is 0. The monoisotopic (exact) mass is 545 g/mol. The van der Waals surface area contributed by atoms with Crippen molar-refractivity contribution in [3.63, 3.8) is 0 Å². The van der Waals surface area contributed by atoms with Crippen molar-refractivity contribution in [2.75, 3.05) is 13.1 Å². The smallest absolute Gasteiger partial charge is 0.254 e. The van der Waals surface area contributed by atoms with Crippen molar-refractivity contribution in [2.45, 2.75) is 64.6 Å². The number of likely N-dealkylation sites (tertiary alicyclic amines) is 1. The standard InChI is InChI=1S/C36H39N3O2/c1-2-3-4-5-28-6-16-34(17-7-28)36(40)39(35-18-21-38(22-19-35)25-31-20-23-41-27-31)26-30-10-14-33(15-11-30)32-12-8-29(24-37)9-13-32/h6-17,20,23,27,35H,2-5,18-19,21-22,25-26H2,1H3. The van der Waals surface area contributed by atoms with Crippen LogP contribution in [0.5, 0.6) is 0 Å². The molecule has 1 fully saturated rings. The van der Waals surface area contributed by atoms with Crippen molar-refractivity contribution in [3.8, 4) is 17.2 Å². The predicted molar refractivity (Wildman–Crippen MR) is 163 cm³/mol. The summed E-state index contributed by atoms with van der Waals surface area (Å²) < 4.78 is 5.25. The topological polar surface area (TPSA) is 60.5 Å². The second-order valence-corrected chi connectivity index (χ2v) is 11.1. The summed E-state index contributed by atoms with van der Waals surface area (Å²) in [5, 5.41) is 9.09. The third-order valence-electron chi connectivity index (χ3n) is 8.17. The van der Waals surface area contributed by atoms with Gasteiger partial charge in [0.1, 0.15) is 0 Å². The second kappa shape index (κ2) is 14.0. The highest BCUT2D eigenvalue weighted by Crippen LogP contribution is 2.25. The summed E-state index contributed by atoms with van der Waals surface area (Å²) >= 11 is 0. The van der Waals surface area contributed by atoms with E-state index in [2.05, 4.69) is 59.2 Å². The van der Waals surface area contributed by atoms with Crippen molar-refractivity contribution in [1.82, 2.24) is 9.80 Å². The molecular weight excluding hydrogens is 506 g/mol. The van der Waals surface area contributed by atoms with E-state index in [0.717, 1.165) is 61.2 Å². The van der Waals surface area contributed by atoms with Crippen LogP contribution in [0.2, 0.25) is 0 Å². The van der Waals surface area contributed by atoms with E-state index in [1.54, 1.807) is 6.26 Å². The van der Waals surface area contributed by atoms with Crippen molar-refractivity contribution in [1.29, 1.82) is 5.26 Å². The fraction of sp³-hybridized carbons (Fsp3) is 0.333. The van der Waals surface area contributed by atoms with E-state index in [-0.39, 0.29) is 11.9 Å². The van der Waals surface area contributed by atoms with Gasteiger partial charge in [-0.15, -0.1) is 0 Å². The first-order valence-corrected chi connectivity index (χ1v) is 14.9. The number of nitriles is 1. The summed E-state index contributed by atoms with van der Waals surface area (Å²) in [6, 6.07) is 28.8. The van der Waals surface area contributed by atoms with E-state index in [9.17, 15) is 4.79 Å². The largest absolute Gasteiger partial charge is 0.472 e. The Balaban J connectivity index is 1.30. The van der Waals surface area contributed by atoms with E-state index in [4.69, 9.17) is 9.68 Å². The van der Waals surface area contributed by atoms with Crippen LogP contribution in [-0.2, 0) is 19.5 Å². The zero-order chi connectivity index (χ0) is 28.4. The molecule has 0 spiro atoms. The van der Waals surface area contributed by atoms with E-state index >= 15 is 0 Å². The molecule has 0 atom stereocenters. The average Bonchev–Trinajstić information content (AvgIpc) is 3.54. The first-order valence-electron chi connectivity index (χ1n) is 14.9. The predicted octanol–water partition coefficient (Wildman–Crippen LogP) is 7.86. The Labute approximate surface area is 244 Å². The van der Waals surface area contributed by atoms with E-state index in [1.165, 1.54) is 30.4 Å². The molecule has 1 amide bonds. The minimum atomic E-state index is 0.106. The van der Waals surface area contributed by atoms with Crippen LogP contribution in [0.1, 0.15) is 71.6 Å². The summed E-state index contributed by atoms with van der Waals surface area (Å²) in [6.07, 6.45) is 10.1. The number of unbranched alkanes of at least 4 members (excludes halogenated alkanes) is 2. The minimum absolute atomic E-state index is 0.106. The molecule has 0 N–H and O–H groups in total. The lowest BCUT2D eigenvalue weighted by molar-refractivity contribution is 0.0542. The molecule has 5 rings (SSSR count). The zero-order valence-corrected chi connectivity index (χ0v) is 24.0. The second-order valence-electron chi connectivity index (χ2n) is 11.1. The fourth-order valence-corrected chi connectivity index (χ4v) is 5.69. The third kappa shape index (κ3) is 7.54. The maximum atomic E-state index is 14.0. The fourth-order valence-electron chi connectivity index (χ4n) is 5.69. The molecule has 3 aromatic carbocycles. The van der Waals surface area contributed by atoms with E-state index in [0.29, 0.717) is 12.1 Å². The maximum Gasteiger partial charge on any atom is 0.254 e. The van der Waals surface area contributed by atoms with Crippen LogP contribution in [-0.4, -0.2) is 34.8 Å². The molecule has 0 bridgehead atoms. The SMILES string of the molecule is CCCCCc1ccc(C(=O)N(Cc2ccc(-c3ccc(C#N)cc3)cc2)C2CCN(Cc3ccoc3)CC2)cc1. The molecular formula is C36H39N3O2. The Bertz CT molecular complexity index is 1410. The first kappa shape index (κ1) is 28.4. The summed E-state index contributed by atoms with van der Waals surface area (Å²) in [5.74, 6) is 0.106. The van der Waals surface area contributed by atoms with Crippen LogP contribution in [0.3, 0.4) is 0 Å². The van der Waals surface area contributed by atoms with Crippen LogP contribution in [0, 0.1) is 11.3 Å². The van der Waals surface area contributed by atoms with Gasteiger partial charge in [0.15, 0.2) is 0 Å². The molecule has 0 unspecified atom stereocenters. The number of piperidine rings is 1. The van der Waals surface area contributed by atoms with Gasteiger partial charge in [-0.3, -0.25) is 9.69 Å². The van der Waals surface area contributed by atoms with Crippen LogP contribution in [0.15, 0.2) is 95.8 Å². The Morgan fingerprint density at radius 3 is 2.15 bits per heavy atom. The molecule has 4 aromatic rings. The Hall–Kier alpha value is -4.14. The normalized spacial score (nSPS) is 14.0. The Morgan fingerprint density at radius 1 is 0.878 bits per heavy atom. The van der Waals surface area contributed by atoms with Gasteiger partial charge in [0.2, 0.25) is 0 Å². The van der Waals surface area contributed by atoms with E-state index in [1.807, 2.05) is 48.7 Å². The van der Waals surface area contributed by atoms with Gasteiger partial charge in [0.25, 0.3) is 5.91 Å². The van der Waals surface area contributed by atoms with Gasteiger partial charge in [-0.1, -0.05) is 68.3 Å². The number of furan rings is 1. The lowest BCUT2D eigenvalue weighted by atomic mass is 9.98. The number of benzene rings is 3. The van der Waals surface area contributed by atoms with Gasteiger partial charge in [0.05, 0.1) is 24.2 Å². The lowest BCUT2D eigenvalue weighted by Crippen LogP contribution is -2.46. The van der Waals surface area contributed by atoms with Crippen LogP contribution < -0.4 is 0 Å². The number of hydrogen-bond acceptors (Lipinski definition) is 4. The van der Waals surface area contributed by atoms with Crippen LogP contribution in [0.4, 0.5) is 0 Å². The molecule has 1 aliphatic rings. The number of nitrogens with zero attached hydrogens (tertiary/aromatic N) is 3. The highest BCUT2D eigenvalue weighted by atomic mass is 16.3.